The number of ether oxygens (including phenoxy) is 1. The highest BCUT2D eigenvalue weighted by Gasteiger charge is 2.22. The third-order valence-electron chi connectivity index (χ3n) is 3.38. The van der Waals surface area contributed by atoms with Crippen molar-refractivity contribution in [3.63, 3.8) is 0 Å². The van der Waals surface area contributed by atoms with E-state index in [0.29, 0.717) is 15.9 Å². The summed E-state index contributed by atoms with van der Waals surface area (Å²) in [5, 5.41) is 0.763. The van der Waals surface area contributed by atoms with Gasteiger partial charge in [-0.25, -0.2) is 12.8 Å². The number of hydrogen-bond acceptors (Lipinski definition) is 3. The third kappa shape index (κ3) is 3.02. The SMILES string of the molecule is COc1cc(Cl)c(F)cc1NS(=O)(=O)c1c[nH]c2cc(Cl)ccc12. The van der Waals surface area contributed by atoms with Crippen molar-refractivity contribution in [2.24, 2.45) is 0 Å². The number of H-pyrrole nitrogens is 1. The van der Waals surface area contributed by atoms with E-state index >= 15 is 0 Å². The molecule has 0 saturated carbocycles. The van der Waals surface area contributed by atoms with Crippen LogP contribution in [-0.2, 0) is 10.0 Å². The fourth-order valence-electron chi connectivity index (χ4n) is 2.27. The van der Waals surface area contributed by atoms with Gasteiger partial charge in [0.05, 0.1) is 17.8 Å². The van der Waals surface area contributed by atoms with E-state index in [1.165, 1.54) is 19.4 Å². The van der Waals surface area contributed by atoms with E-state index in [4.69, 9.17) is 27.9 Å². The maximum Gasteiger partial charge on any atom is 0.264 e. The number of hydrogen-bond donors (Lipinski definition) is 2. The van der Waals surface area contributed by atoms with Gasteiger partial charge >= 0.3 is 0 Å². The molecule has 2 aromatic carbocycles. The van der Waals surface area contributed by atoms with Crippen molar-refractivity contribution in [1.82, 2.24) is 4.98 Å². The van der Waals surface area contributed by atoms with Gasteiger partial charge in [0.15, 0.2) is 0 Å². The number of sulfonamides is 1. The maximum atomic E-state index is 13.7. The average Bonchev–Trinajstić information content (AvgIpc) is 2.94. The number of anilines is 1. The standard InChI is InChI=1S/C15H11Cl2FN2O3S/c1-23-14-5-10(17)11(18)6-13(14)20-24(21,22)15-7-19-12-4-8(16)2-3-9(12)15/h2-7,19-20H,1H3. The van der Waals surface area contributed by atoms with Crippen LogP contribution in [0.3, 0.4) is 0 Å². The minimum atomic E-state index is -3.99. The van der Waals surface area contributed by atoms with Gasteiger partial charge in [0.2, 0.25) is 0 Å². The lowest BCUT2D eigenvalue weighted by Gasteiger charge is -2.12. The van der Waals surface area contributed by atoms with E-state index in [2.05, 4.69) is 9.71 Å². The molecule has 0 aliphatic carbocycles. The van der Waals surface area contributed by atoms with Gasteiger partial charge < -0.3 is 9.72 Å². The van der Waals surface area contributed by atoms with Crippen LogP contribution in [-0.4, -0.2) is 20.5 Å². The first-order valence-electron chi connectivity index (χ1n) is 6.64. The predicted molar refractivity (Wildman–Crippen MR) is 92.1 cm³/mol. The third-order valence-corrected chi connectivity index (χ3v) is 5.31. The first kappa shape index (κ1) is 16.9. The van der Waals surface area contributed by atoms with Gasteiger partial charge in [-0.3, -0.25) is 4.72 Å². The molecular weight excluding hydrogens is 378 g/mol. The van der Waals surface area contributed by atoms with Gasteiger partial charge in [-0.2, -0.15) is 0 Å². The Morgan fingerprint density at radius 1 is 1.21 bits per heavy atom. The Bertz CT molecular complexity index is 1030. The largest absolute Gasteiger partial charge is 0.494 e. The summed E-state index contributed by atoms with van der Waals surface area (Å²) in [6.07, 6.45) is 1.34. The van der Waals surface area contributed by atoms with Gasteiger partial charge in [-0.1, -0.05) is 23.2 Å². The van der Waals surface area contributed by atoms with Gasteiger partial charge in [0.1, 0.15) is 16.5 Å². The van der Waals surface area contributed by atoms with Crippen molar-refractivity contribution < 1.29 is 17.5 Å². The van der Waals surface area contributed by atoms with Gasteiger partial charge in [0, 0.05) is 34.3 Å². The van der Waals surface area contributed by atoms with E-state index in [-0.39, 0.29) is 21.4 Å². The van der Waals surface area contributed by atoms with Crippen LogP contribution in [0.4, 0.5) is 10.1 Å². The highest BCUT2D eigenvalue weighted by Crippen LogP contribution is 2.33. The number of nitrogens with one attached hydrogen (secondary N) is 2. The zero-order valence-corrected chi connectivity index (χ0v) is 14.6. The molecule has 3 rings (SSSR count). The van der Waals surface area contributed by atoms with Crippen molar-refractivity contribution in [1.29, 1.82) is 0 Å². The minimum Gasteiger partial charge on any atom is -0.494 e. The van der Waals surface area contributed by atoms with Crippen LogP contribution in [0.2, 0.25) is 10.0 Å². The molecule has 0 radical (unpaired) electrons. The monoisotopic (exact) mass is 388 g/mol. The Morgan fingerprint density at radius 2 is 1.96 bits per heavy atom. The molecule has 0 saturated heterocycles. The van der Waals surface area contributed by atoms with Gasteiger partial charge in [0.25, 0.3) is 10.0 Å². The quantitative estimate of drug-likeness (QED) is 0.694. The number of aromatic nitrogens is 1. The second-order valence-electron chi connectivity index (χ2n) is 4.91. The molecule has 1 aromatic heterocycles. The molecule has 2 N–H and O–H groups in total. The molecule has 0 bridgehead atoms. The van der Waals surface area contributed by atoms with Crippen molar-refractivity contribution in [2.75, 3.05) is 11.8 Å². The summed E-state index contributed by atoms with van der Waals surface area (Å²) >= 11 is 11.6. The minimum absolute atomic E-state index is 0.00609. The summed E-state index contributed by atoms with van der Waals surface area (Å²) in [4.78, 5) is 2.85. The number of aromatic amines is 1. The average molecular weight is 389 g/mol. The molecular formula is C15H11Cl2FN2O3S. The number of rotatable bonds is 4. The predicted octanol–water partition coefficient (Wildman–Crippen LogP) is 4.42. The summed E-state index contributed by atoms with van der Waals surface area (Å²) in [6.45, 7) is 0. The molecule has 0 unspecified atom stereocenters. The summed E-state index contributed by atoms with van der Waals surface area (Å²) in [6, 6.07) is 6.94. The molecule has 0 aliphatic heterocycles. The summed E-state index contributed by atoms with van der Waals surface area (Å²) in [7, 11) is -2.66. The molecule has 9 heteroatoms. The first-order chi connectivity index (χ1) is 11.3. The summed E-state index contributed by atoms with van der Waals surface area (Å²) in [5.74, 6) is -0.659. The Balaban J connectivity index is 2.07. The maximum absolute atomic E-state index is 13.7. The van der Waals surface area contributed by atoms with Crippen LogP contribution in [0.25, 0.3) is 10.9 Å². The van der Waals surface area contributed by atoms with Crippen molar-refractivity contribution in [3.05, 3.63) is 52.4 Å². The summed E-state index contributed by atoms with van der Waals surface area (Å²) < 4.78 is 46.3. The lowest BCUT2D eigenvalue weighted by atomic mass is 10.2. The lowest BCUT2D eigenvalue weighted by Crippen LogP contribution is -2.13. The van der Waals surface area contributed by atoms with Crippen molar-refractivity contribution >= 4 is 49.8 Å². The molecule has 5 nitrogen and oxygen atoms in total. The van der Waals surface area contributed by atoms with E-state index in [9.17, 15) is 12.8 Å². The molecule has 0 fully saturated rings. The topological polar surface area (TPSA) is 71.2 Å². The second-order valence-corrected chi connectivity index (χ2v) is 7.41. The van der Waals surface area contributed by atoms with E-state index in [0.717, 1.165) is 6.07 Å². The zero-order chi connectivity index (χ0) is 17.5. The molecule has 126 valence electrons. The van der Waals surface area contributed by atoms with Gasteiger partial charge in [-0.05, 0) is 18.2 Å². The van der Waals surface area contributed by atoms with Crippen LogP contribution < -0.4 is 9.46 Å². The molecule has 0 aliphatic rings. The van der Waals surface area contributed by atoms with E-state index in [1.807, 2.05) is 0 Å². The van der Waals surface area contributed by atoms with Crippen molar-refractivity contribution in [3.8, 4) is 5.75 Å². The van der Waals surface area contributed by atoms with E-state index < -0.39 is 15.8 Å². The van der Waals surface area contributed by atoms with Crippen LogP contribution >= 0.6 is 23.2 Å². The fraction of sp³-hybridized carbons (Fsp3) is 0.0667. The van der Waals surface area contributed by atoms with Gasteiger partial charge in [-0.15, -0.1) is 0 Å². The Kier molecular flexibility index (Phi) is 4.33. The lowest BCUT2D eigenvalue weighted by molar-refractivity contribution is 0.416. The summed E-state index contributed by atoms with van der Waals surface area (Å²) in [5.41, 5.74) is 0.514. The molecule has 3 aromatic rings. The Hall–Kier alpha value is -1.96. The normalized spacial score (nSPS) is 11.7. The molecule has 1 heterocycles. The molecule has 0 amide bonds. The van der Waals surface area contributed by atoms with Crippen LogP contribution in [0.15, 0.2) is 41.4 Å². The van der Waals surface area contributed by atoms with Crippen LogP contribution in [0, 0.1) is 5.82 Å². The van der Waals surface area contributed by atoms with Crippen LogP contribution in [0.1, 0.15) is 0 Å². The zero-order valence-electron chi connectivity index (χ0n) is 12.2. The van der Waals surface area contributed by atoms with Crippen LogP contribution in [0.5, 0.6) is 5.75 Å². The smallest absolute Gasteiger partial charge is 0.264 e. The second kappa shape index (κ2) is 6.16. The number of methoxy groups -OCH3 is 1. The number of fused-ring (bicyclic) bond motifs is 1. The Morgan fingerprint density at radius 3 is 2.67 bits per heavy atom. The number of halogens is 3. The highest BCUT2D eigenvalue weighted by atomic mass is 35.5. The molecule has 0 spiro atoms. The van der Waals surface area contributed by atoms with E-state index in [1.54, 1.807) is 18.2 Å². The number of benzene rings is 2. The molecule has 24 heavy (non-hydrogen) atoms. The fourth-order valence-corrected chi connectivity index (χ4v) is 3.84. The Labute approximate surface area is 147 Å². The molecule has 0 atom stereocenters. The van der Waals surface area contributed by atoms with Crippen molar-refractivity contribution in [2.45, 2.75) is 4.90 Å². The highest BCUT2D eigenvalue weighted by molar-refractivity contribution is 7.93. The first-order valence-corrected chi connectivity index (χ1v) is 8.88.